The predicted octanol–water partition coefficient (Wildman–Crippen LogP) is 6.63. The number of aromatic nitrogens is 1. The first-order valence-corrected chi connectivity index (χ1v) is 15.2. The van der Waals surface area contributed by atoms with Gasteiger partial charge in [0.25, 0.3) is 5.91 Å². The molecule has 1 saturated heterocycles. The van der Waals surface area contributed by atoms with Crippen LogP contribution in [0.15, 0.2) is 52.1 Å². The molecular weight excluding hydrogens is 602 g/mol. The van der Waals surface area contributed by atoms with Gasteiger partial charge in [-0.25, -0.2) is 19.2 Å². The number of amidine groups is 1. The average Bonchev–Trinajstić information content (AvgIpc) is 3.54. The minimum Gasteiger partial charge on any atom is -0.458 e. The second-order valence-electron chi connectivity index (χ2n) is 12.0. The third-order valence-electron chi connectivity index (χ3n) is 7.43. The summed E-state index contributed by atoms with van der Waals surface area (Å²) >= 11 is 13.3. The number of esters is 1. The molecule has 0 N–H and O–H groups in total. The molecule has 4 heterocycles. The van der Waals surface area contributed by atoms with Crippen molar-refractivity contribution in [2.45, 2.75) is 77.6 Å². The summed E-state index contributed by atoms with van der Waals surface area (Å²) in [5.74, 6) is -2.41. The molecule has 1 aromatic carbocycles. The highest BCUT2D eigenvalue weighted by molar-refractivity contribution is 8.18. The van der Waals surface area contributed by atoms with E-state index in [0.717, 1.165) is 22.2 Å². The van der Waals surface area contributed by atoms with E-state index in [0.29, 0.717) is 26.5 Å². The van der Waals surface area contributed by atoms with Gasteiger partial charge in [-0.3, -0.25) is 14.5 Å². The summed E-state index contributed by atoms with van der Waals surface area (Å²) in [6.07, 6.45) is 1.88. The highest BCUT2D eigenvalue weighted by Crippen LogP contribution is 2.56. The van der Waals surface area contributed by atoms with Crippen LogP contribution in [0.25, 0.3) is 0 Å². The van der Waals surface area contributed by atoms with Crippen molar-refractivity contribution in [3.8, 4) is 0 Å². The number of likely N-dealkylation sites (tertiary alicyclic amines) is 1. The van der Waals surface area contributed by atoms with Gasteiger partial charge in [0.15, 0.2) is 5.17 Å². The second kappa shape index (κ2) is 11.0. The molecule has 222 valence electrons. The third-order valence-corrected chi connectivity index (χ3v) is 9.02. The number of carbonyl (C=O) groups excluding carboxylic acids is 3. The molecular formula is C30H31Cl2FN4O4S. The molecule has 8 nitrogen and oxygen atoms in total. The number of hydrogen-bond donors (Lipinski definition) is 0. The van der Waals surface area contributed by atoms with Crippen molar-refractivity contribution in [2.75, 3.05) is 0 Å². The van der Waals surface area contributed by atoms with Crippen molar-refractivity contribution in [3.05, 3.63) is 74.3 Å². The SMILES string of the molecule is CC(C)C1=C(C(=O)N2C(=O)CC[C@H]2C(=O)OC(C)(C)C)SC2=N[C@@](C)(c3ccc(Cl)nc3)[C@@H](c3ccc(Cl)c(F)c3)N21. The first-order valence-electron chi connectivity index (χ1n) is 13.6. The Bertz CT molecular complexity index is 1540. The maximum absolute atomic E-state index is 14.9. The van der Waals surface area contributed by atoms with E-state index in [9.17, 15) is 18.8 Å². The Morgan fingerprint density at radius 2 is 1.90 bits per heavy atom. The van der Waals surface area contributed by atoms with E-state index < -0.39 is 46.8 Å². The summed E-state index contributed by atoms with van der Waals surface area (Å²) < 4.78 is 20.4. The van der Waals surface area contributed by atoms with Gasteiger partial charge in [0.2, 0.25) is 5.91 Å². The number of nitrogens with zero attached hydrogens (tertiary/aromatic N) is 4. The fourth-order valence-electron chi connectivity index (χ4n) is 5.63. The van der Waals surface area contributed by atoms with E-state index in [1.807, 2.05) is 31.7 Å². The van der Waals surface area contributed by atoms with Crippen LogP contribution in [0.3, 0.4) is 0 Å². The van der Waals surface area contributed by atoms with Crippen LogP contribution in [0, 0.1) is 11.7 Å². The van der Waals surface area contributed by atoms with Gasteiger partial charge in [0, 0.05) is 23.9 Å². The maximum atomic E-state index is 14.9. The fourth-order valence-corrected chi connectivity index (χ4v) is 7.20. The van der Waals surface area contributed by atoms with Gasteiger partial charge in [-0.2, -0.15) is 0 Å². The number of pyridine rings is 1. The molecule has 0 radical (unpaired) electrons. The van der Waals surface area contributed by atoms with Crippen LogP contribution in [-0.2, 0) is 24.7 Å². The molecule has 3 aliphatic rings. The van der Waals surface area contributed by atoms with Crippen LogP contribution in [-0.4, -0.2) is 49.4 Å². The van der Waals surface area contributed by atoms with Crippen LogP contribution in [0.4, 0.5) is 4.39 Å². The van der Waals surface area contributed by atoms with Crippen LogP contribution >= 0.6 is 35.0 Å². The molecule has 0 saturated carbocycles. The van der Waals surface area contributed by atoms with Gasteiger partial charge < -0.3 is 9.64 Å². The van der Waals surface area contributed by atoms with Crippen LogP contribution in [0.2, 0.25) is 10.2 Å². The summed E-state index contributed by atoms with van der Waals surface area (Å²) in [4.78, 5) is 52.7. The minimum atomic E-state index is -1.02. The molecule has 0 bridgehead atoms. The molecule has 2 aromatic rings. The Morgan fingerprint density at radius 3 is 2.50 bits per heavy atom. The molecule has 12 heteroatoms. The van der Waals surface area contributed by atoms with E-state index in [1.54, 1.807) is 39.1 Å². The van der Waals surface area contributed by atoms with Crippen LogP contribution in [0.5, 0.6) is 0 Å². The van der Waals surface area contributed by atoms with E-state index in [1.165, 1.54) is 12.1 Å². The minimum absolute atomic E-state index is 0.0141. The number of carbonyl (C=O) groups is 3. The Morgan fingerprint density at radius 1 is 1.19 bits per heavy atom. The van der Waals surface area contributed by atoms with E-state index in [4.69, 9.17) is 32.9 Å². The van der Waals surface area contributed by atoms with Crippen molar-refractivity contribution >= 4 is 57.9 Å². The van der Waals surface area contributed by atoms with Crippen molar-refractivity contribution in [2.24, 2.45) is 10.9 Å². The van der Waals surface area contributed by atoms with Crippen molar-refractivity contribution in [1.29, 1.82) is 0 Å². The molecule has 5 rings (SSSR count). The Kier molecular flexibility index (Phi) is 7.96. The summed E-state index contributed by atoms with van der Waals surface area (Å²) in [6.45, 7) is 11.0. The number of thioether (sulfide) groups is 1. The number of hydrogen-bond acceptors (Lipinski definition) is 8. The van der Waals surface area contributed by atoms with E-state index >= 15 is 0 Å². The lowest BCUT2D eigenvalue weighted by Gasteiger charge is -2.37. The number of allylic oxidation sites excluding steroid dienone is 1. The normalized spacial score (nSPS) is 24.0. The predicted molar refractivity (Wildman–Crippen MR) is 160 cm³/mol. The summed E-state index contributed by atoms with van der Waals surface area (Å²) in [6, 6.07) is 6.49. The summed E-state index contributed by atoms with van der Waals surface area (Å²) in [7, 11) is 0. The van der Waals surface area contributed by atoms with Gasteiger partial charge in [0.1, 0.15) is 33.1 Å². The first kappa shape index (κ1) is 30.5. The molecule has 3 atom stereocenters. The maximum Gasteiger partial charge on any atom is 0.329 e. The van der Waals surface area contributed by atoms with E-state index in [2.05, 4.69) is 4.98 Å². The molecule has 0 spiro atoms. The van der Waals surface area contributed by atoms with E-state index in [-0.39, 0.29) is 23.8 Å². The molecule has 0 aliphatic carbocycles. The number of imide groups is 1. The monoisotopic (exact) mass is 632 g/mol. The Balaban J connectivity index is 1.61. The smallest absolute Gasteiger partial charge is 0.329 e. The lowest BCUT2D eigenvalue weighted by molar-refractivity contribution is -0.164. The first-order chi connectivity index (χ1) is 19.6. The number of benzene rings is 1. The summed E-state index contributed by atoms with van der Waals surface area (Å²) in [5, 5.41) is 0.822. The van der Waals surface area contributed by atoms with Crippen molar-refractivity contribution in [3.63, 3.8) is 0 Å². The largest absolute Gasteiger partial charge is 0.458 e. The zero-order valence-corrected chi connectivity index (χ0v) is 26.4. The Hall–Kier alpha value is -2.95. The number of aliphatic imine (C=N–C) groups is 1. The standard InChI is InChI=1S/C30H31Cl2FN4O4S/c1-15(2)23-24(26(39)36-20(10-12-22(36)38)27(40)41-29(3,4)5)42-28-35-30(6,17-8-11-21(32)34-14-17)25(37(23)28)16-7-9-18(31)19(33)13-16/h7-9,11,13-15,20,25H,10,12H2,1-6H3/t20-,25+,30-/m0/s1. The average molecular weight is 634 g/mol. The zero-order valence-electron chi connectivity index (χ0n) is 24.1. The number of halogens is 3. The lowest BCUT2D eigenvalue weighted by Crippen LogP contribution is -2.46. The van der Waals surface area contributed by atoms with Crippen molar-refractivity contribution < 1.29 is 23.5 Å². The van der Waals surface area contributed by atoms with Gasteiger partial charge in [-0.05, 0) is 75.6 Å². The highest BCUT2D eigenvalue weighted by atomic mass is 35.5. The molecule has 2 amide bonds. The molecule has 1 aromatic heterocycles. The molecule has 3 aliphatic heterocycles. The summed E-state index contributed by atoms with van der Waals surface area (Å²) in [5.41, 5.74) is 0.228. The number of ether oxygens (including phenoxy) is 1. The van der Waals surface area contributed by atoms with Crippen molar-refractivity contribution in [1.82, 2.24) is 14.8 Å². The zero-order chi connectivity index (χ0) is 30.7. The van der Waals surface area contributed by atoms with Gasteiger partial charge in [0.05, 0.1) is 11.1 Å². The topological polar surface area (TPSA) is 92.2 Å². The second-order valence-corrected chi connectivity index (χ2v) is 13.8. The third kappa shape index (κ3) is 5.33. The number of fused-ring (bicyclic) bond motifs is 1. The number of amides is 2. The Labute approximate surface area is 258 Å². The quantitative estimate of drug-likeness (QED) is 0.207. The van der Waals surface area contributed by atoms with Gasteiger partial charge in [-0.1, -0.05) is 49.2 Å². The molecule has 1 fully saturated rings. The van der Waals surface area contributed by atoms with Crippen LogP contribution < -0.4 is 0 Å². The van der Waals surface area contributed by atoms with Crippen LogP contribution in [0.1, 0.15) is 71.6 Å². The highest BCUT2D eigenvalue weighted by Gasteiger charge is 2.55. The lowest BCUT2D eigenvalue weighted by atomic mass is 9.81. The number of rotatable bonds is 5. The van der Waals surface area contributed by atoms with Gasteiger partial charge >= 0.3 is 5.97 Å². The van der Waals surface area contributed by atoms with Gasteiger partial charge in [-0.15, -0.1) is 0 Å². The molecule has 0 unspecified atom stereocenters. The fraction of sp³-hybridized carbons (Fsp3) is 0.433. The molecule has 42 heavy (non-hydrogen) atoms.